The van der Waals surface area contributed by atoms with Crippen LogP contribution in [0.5, 0.6) is 0 Å². The molecule has 3 aromatic rings. The molecule has 0 unspecified atom stereocenters. The lowest BCUT2D eigenvalue weighted by molar-refractivity contribution is 0.352. The maximum absolute atomic E-state index is 4.77. The van der Waals surface area contributed by atoms with Gasteiger partial charge in [0.1, 0.15) is 5.82 Å². The number of rotatable bonds is 7. The van der Waals surface area contributed by atoms with Crippen LogP contribution in [0.3, 0.4) is 0 Å². The van der Waals surface area contributed by atoms with E-state index in [1.54, 1.807) is 11.3 Å². The van der Waals surface area contributed by atoms with Gasteiger partial charge in [-0.2, -0.15) is 4.98 Å². The zero-order chi connectivity index (χ0) is 18.6. The molecule has 1 aliphatic heterocycles. The van der Waals surface area contributed by atoms with E-state index in [4.69, 9.17) is 9.97 Å². The number of nitrogens with zero attached hydrogens (tertiary/aromatic N) is 3. The van der Waals surface area contributed by atoms with E-state index in [1.807, 2.05) is 6.07 Å². The van der Waals surface area contributed by atoms with Crippen molar-refractivity contribution in [1.29, 1.82) is 0 Å². The average molecular weight is 382 g/mol. The quantitative estimate of drug-likeness (QED) is 0.622. The van der Waals surface area contributed by atoms with Gasteiger partial charge in [0.15, 0.2) is 0 Å². The van der Waals surface area contributed by atoms with Gasteiger partial charge < -0.3 is 15.5 Å². The van der Waals surface area contributed by atoms with Crippen molar-refractivity contribution in [3.05, 3.63) is 36.4 Å². The first-order valence-electron chi connectivity index (χ1n) is 9.79. The average Bonchev–Trinajstić information content (AvgIpc) is 3.31. The Morgan fingerprint density at radius 3 is 2.63 bits per heavy atom. The molecule has 2 aromatic heterocycles. The molecule has 1 aliphatic rings. The molecule has 0 spiro atoms. The SMILES string of the molecule is CC(C)Nc1nc(NCCN2CCCC2)c2sc(-c3ccccc3)cc2n1. The van der Waals surface area contributed by atoms with E-state index in [1.165, 1.54) is 36.4 Å². The summed E-state index contributed by atoms with van der Waals surface area (Å²) in [6.07, 6.45) is 2.65. The number of thiophene rings is 1. The number of hydrogen-bond acceptors (Lipinski definition) is 6. The minimum Gasteiger partial charge on any atom is -0.367 e. The molecule has 27 heavy (non-hydrogen) atoms. The van der Waals surface area contributed by atoms with Gasteiger partial charge in [-0.05, 0) is 51.4 Å². The number of likely N-dealkylation sites (tertiary alicyclic amines) is 1. The van der Waals surface area contributed by atoms with Crippen molar-refractivity contribution in [3.63, 3.8) is 0 Å². The van der Waals surface area contributed by atoms with Crippen molar-refractivity contribution in [1.82, 2.24) is 14.9 Å². The lowest BCUT2D eigenvalue weighted by atomic mass is 10.2. The van der Waals surface area contributed by atoms with Crippen LogP contribution in [0, 0.1) is 0 Å². The Bertz CT molecular complexity index is 884. The van der Waals surface area contributed by atoms with Gasteiger partial charge in [0.2, 0.25) is 5.95 Å². The van der Waals surface area contributed by atoms with Gasteiger partial charge in [0.05, 0.1) is 10.2 Å². The molecule has 0 amide bonds. The highest BCUT2D eigenvalue weighted by molar-refractivity contribution is 7.22. The molecule has 0 saturated carbocycles. The summed E-state index contributed by atoms with van der Waals surface area (Å²) in [5, 5.41) is 6.92. The Labute approximate surface area is 164 Å². The standard InChI is InChI=1S/C21H27N5S/c1-15(2)23-21-24-17-14-18(16-8-4-3-5-9-16)27-19(17)20(25-21)22-10-13-26-11-6-7-12-26/h3-5,8-9,14-15H,6-7,10-13H2,1-2H3,(H2,22,23,24,25). The zero-order valence-electron chi connectivity index (χ0n) is 16.0. The molecule has 0 atom stereocenters. The van der Waals surface area contributed by atoms with E-state index in [2.05, 4.69) is 59.7 Å². The highest BCUT2D eigenvalue weighted by Gasteiger charge is 2.15. The first-order valence-corrected chi connectivity index (χ1v) is 10.6. The summed E-state index contributed by atoms with van der Waals surface area (Å²) in [5.74, 6) is 1.63. The van der Waals surface area contributed by atoms with Crippen LogP contribution < -0.4 is 10.6 Å². The fraction of sp³-hybridized carbons (Fsp3) is 0.429. The summed E-state index contributed by atoms with van der Waals surface area (Å²) in [7, 11) is 0. The smallest absolute Gasteiger partial charge is 0.225 e. The molecule has 142 valence electrons. The third-order valence-corrected chi connectivity index (χ3v) is 5.95. The number of fused-ring (bicyclic) bond motifs is 1. The molecule has 0 aliphatic carbocycles. The number of aromatic nitrogens is 2. The van der Waals surface area contributed by atoms with Crippen LogP contribution in [0.4, 0.5) is 11.8 Å². The molecular weight excluding hydrogens is 354 g/mol. The van der Waals surface area contributed by atoms with Gasteiger partial charge in [-0.15, -0.1) is 11.3 Å². The fourth-order valence-electron chi connectivity index (χ4n) is 3.46. The monoisotopic (exact) mass is 381 g/mol. The first kappa shape index (κ1) is 18.2. The largest absolute Gasteiger partial charge is 0.367 e. The molecule has 1 saturated heterocycles. The van der Waals surface area contributed by atoms with Crippen LogP contribution >= 0.6 is 11.3 Å². The minimum atomic E-state index is 0.298. The second-order valence-electron chi connectivity index (χ2n) is 7.36. The Morgan fingerprint density at radius 1 is 1.11 bits per heavy atom. The van der Waals surface area contributed by atoms with Crippen LogP contribution in [0.1, 0.15) is 26.7 Å². The van der Waals surface area contributed by atoms with Gasteiger partial charge >= 0.3 is 0 Å². The zero-order valence-corrected chi connectivity index (χ0v) is 16.9. The maximum atomic E-state index is 4.77. The molecule has 4 rings (SSSR count). The molecule has 5 nitrogen and oxygen atoms in total. The number of benzene rings is 1. The minimum absolute atomic E-state index is 0.298. The normalized spacial score (nSPS) is 14.9. The molecule has 1 fully saturated rings. The first-order chi connectivity index (χ1) is 13.2. The van der Waals surface area contributed by atoms with Crippen molar-refractivity contribution in [2.75, 3.05) is 36.8 Å². The van der Waals surface area contributed by atoms with Crippen LogP contribution in [0.2, 0.25) is 0 Å². The lowest BCUT2D eigenvalue weighted by Gasteiger charge is -2.16. The van der Waals surface area contributed by atoms with Gasteiger partial charge in [-0.1, -0.05) is 30.3 Å². The summed E-state index contributed by atoms with van der Waals surface area (Å²) < 4.78 is 1.13. The number of anilines is 2. The van der Waals surface area contributed by atoms with Gasteiger partial charge in [-0.3, -0.25) is 0 Å². The highest BCUT2D eigenvalue weighted by atomic mass is 32.1. The van der Waals surface area contributed by atoms with Gasteiger partial charge in [-0.25, -0.2) is 4.98 Å². The summed E-state index contributed by atoms with van der Waals surface area (Å²) in [6.45, 7) is 8.63. The fourth-order valence-corrected chi connectivity index (χ4v) is 4.52. The van der Waals surface area contributed by atoms with Crippen LogP contribution in [-0.4, -0.2) is 47.1 Å². The molecule has 0 bridgehead atoms. The Balaban J connectivity index is 1.62. The van der Waals surface area contributed by atoms with Crippen molar-refractivity contribution >= 4 is 33.3 Å². The Hall–Kier alpha value is -2.18. The van der Waals surface area contributed by atoms with Gasteiger partial charge in [0, 0.05) is 24.0 Å². The van der Waals surface area contributed by atoms with Crippen LogP contribution in [0.25, 0.3) is 20.7 Å². The van der Waals surface area contributed by atoms with E-state index in [-0.39, 0.29) is 0 Å². The summed E-state index contributed by atoms with van der Waals surface area (Å²) in [5.41, 5.74) is 2.22. The van der Waals surface area contributed by atoms with E-state index < -0.39 is 0 Å². The second kappa shape index (κ2) is 8.23. The second-order valence-corrected chi connectivity index (χ2v) is 8.41. The third-order valence-electron chi connectivity index (χ3n) is 4.77. The highest BCUT2D eigenvalue weighted by Crippen LogP contribution is 2.36. The van der Waals surface area contributed by atoms with E-state index in [0.29, 0.717) is 12.0 Å². The predicted octanol–water partition coefficient (Wildman–Crippen LogP) is 4.69. The van der Waals surface area contributed by atoms with Crippen molar-refractivity contribution < 1.29 is 0 Å². The molecule has 2 N–H and O–H groups in total. The molecule has 0 radical (unpaired) electrons. The van der Waals surface area contributed by atoms with E-state index in [9.17, 15) is 0 Å². The molecule has 3 heterocycles. The van der Waals surface area contributed by atoms with Crippen molar-refractivity contribution in [2.24, 2.45) is 0 Å². The maximum Gasteiger partial charge on any atom is 0.225 e. The number of nitrogens with one attached hydrogen (secondary N) is 2. The van der Waals surface area contributed by atoms with Crippen LogP contribution in [-0.2, 0) is 0 Å². The van der Waals surface area contributed by atoms with Gasteiger partial charge in [0.25, 0.3) is 0 Å². The molecular formula is C21H27N5S. The van der Waals surface area contributed by atoms with Crippen LogP contribution in [0.15, 0.2) is 36.4 Å². The predicted molar refractivity (Wildman–Crippen MR) is 116 cm³/mol. The summed E-state index contributed by atoms with van der Waals surface area (Å²) in [6, 6.07) is 13.0. The topological polar surface area (TPSA) is 53.1 Å². The Kier molecular flexibility index (Phi) is 5.55. The van der Waals surface area contributed by atoms with E-state index >= 15 is 0 Å². The molecule has 6 heteroatoms. The third kappa shape index (κ3) is 4.39. The summed E-state index contributed by atoms with van der Waals surface area (Å²) in [4.78, 5) is 13.3. The summed E-state index contributed by atoms with van der Waals surface area (Å²) >= 11 is 1.76. The number of hydrogen-bond donors (Lipinski definition) is 2. The Morgan fingerprint density at radius 2 is 1.89 bits per heavy atom. The molecule has 1 aromatic carbocycles. The van der Waals surface area contributed by atoms with E-state index in [0.717, 1.165) is 29.1 Å². The lowest BCUT2D eigenvalue weighted by Crippen LogP contribution is -2.26. The van der Waals surface area contributed by atoms with Crippen molar-refractivity contribution in [3.8, 4) is 10.4 Å². The van der Waals surface area contributed by atoms with Crippen molar-refractivity contribution in [2.45, 2.75) is 32.7 Å².